The van der Waals surface area contributed by atoms with Crippen molar-refractivity contribution in [3.63, 3.8) is 0 Å². The van der Waals surface area contributed by atoms with E-state index in [4.69, 9.17) is 5.73 Å². The maximum absolute atomic E-state index is 11.8. The summed E-state index contributed by atoms with van der Waals surface area (Å²) in [5, 5.41) is 6.89. The number of rotatable bonds is 5. The summed E-state index contributed by atoms with van der Waals surface area (Å²) in [5.41, 5.74) is 4.74. The average Bonchev–Trinajstić information content (AvgIpc) is 2.26. The van der Waals surface area contributed by atoms with Gasteiger partial charge in [0.2, 0.25) is 0 Å². The van der Waals surface area contributed by atoms with Gasteiger partial charge in [0.25, 0.3) is 5.91 Å². The number of carbonyl (C=O) groups is 1. The second-order valence-electron chi connectivity index (χ2n) is 3.28. The average molecular weight is 243 g/mol. The molecule has 1 aromatic heterocycles. The van der Waals surface area contributed by atoms with Gasteiger partial charge in [0, 0.05) is 0 Å². The molecule has 0 aromatic carbocycles. The van der Waals surface area contributed by atoms with Crippen molar-refractivity contribution in [2.24, 2.45) is 5.73 Å². The molecule has 0 spiro atoms. The number of primary amides is 1. The van der Waals surface area contributed by atoms with E-state index in [0.29, 0.717) is 6.42 Å². The molecule has 0 atom stereocenters. The van der Waals surface area contributed by atoms with E-state index in [0.717, 1.165) is 6.42 Å². The van der Waals surface area contributed by atoms with Gasteiger partial charge in [-0.3, -0.25) is 4.79 Å². The zero-order chi connectivity index (χ0) is 12.2. The molecule has 0 aliphatic rings. The minimum absolute atomic E-state index is 0.0184. The third-order valence-corrected chi connectivity index (χ3v) is 3.84. The summed E-state index contributed by atoms with van der Waals surface area (Å²) in [4.78, 5) is 10.9. The summed E-state index contributed by atoms with van der Waals surface area (Å²) in [7, 11) is -3.50. The molecule has 0 aliphatic carbocycles. The Labute approximate surface area is 93.8 Å². The molecule has 1 heterocycles. The number of hydrogen-bond acceptors (Lipinski definition) is 5. The highest BCUT2D eigenvalue weighted by atomic mass is 32.2. The summed E-state index contributed by atoms with van der Waals surface area (Å²) in [6, 6.07) is 1.25. The number of carbonyl (C=O) groups excluding carboxylic acids is 1. The number of amides is 1. The van der Waals surface area contributed by atoms with E-state index >= 15 is 0 Å². The van der Waals surface area contributed by atoms with E-state index < -0.39 is 15.7 Å². The van der Waals surface area contributed by atoms with Gasteiger partial charge in [0.15, 0.2) is 15.5 Å². The van der Waals surface area contributed by atoms with Gasteiger partial charge >= 0.3 is 0 Å². The predicted octanol–water partition coefficient (Wildman–Crippen LogP) is 0.149. The van der Waals surface area contributed by atoms with Gasteiger partial charge in [0.05, 0.1) is 11.9 Å². The van der Waals surface area contributed by atoms with E-state index in [1.807, 2.05) is 6.92 Å². The van der Waals surface area contributed by atoms with Crippen molar-refractivity contribution in [3.05, 3.63) is 18.0 Å². The number of nitrogens with zero attached hydrogens (tertiary/aromatic N) is 2. The Morgan fingerprint density at radius 3 is 2.75 bits per heavy atom. The molecule has 6 nitrogen and oxygen atoms in total. The van der Waals surface area contributed by atoms with Gasteiger partial charge in [-0.15, -0.1) is 5.10 Å². The fourth-order valence-corrected chi connectivity index (χ4v) is 2.78. The van der Waals surface area contributed by atoms with Crippen molar-refractivity contribution in [3.8, 4) is 0 Å². The molecule has 0 unspecified atom stereocenters. The Morgan fingerprint density at radius 1 is 1.50 bits per heavy atom. The summed E-state index contributed by atoms with van der Waals surface area (Å²) in [6.45, 7) is 1.88. The lowest BCUT2D eigenvalue weighted by molar-refractivity contribution is 0.0991. The van der Waals surface area contributed by atoms with Gasteiger partial charge in [-0.25, -0.2) is 8.42 Å². The van der Waals surface area contributed by atoms with Crippen molar-refractivity contribution < 1.29 is 13.2 Å². The normalized spacial score (nSPS) is 11.3. The van der Waals surface area contributed by atoms with Gasteiger partial charge in [0.1, 0.15) is 4.90 Å². The number of sulfone groups is 1. The van der Waals surface area contributed by atoms with Crippen molar-refractivity contribution in [1.82, 2.24) is 10.2 Å². The summed E-state index contributed by atoms with van der Waals surface area (Å²) < 4.78 is 23.7. The minimum Gasteiger partial charge on any atom is -0.364 e. The Hall–Kier alpha value is -1.50. The molecule has 88 valence electrons. The fraction of sp³-hybridized carbons (Fsp3) is 0.444. The SMILES string of the molecule is CCCCS(=O)(=O)c1ccnnc1C(N)=O. The first-order valence-electron chi connectivity index (χ1n) is 4.83. The molecule has 0 aliphatic heterocycles. The largest absolute Gasteiger partial charge is 0.364 e. The first-order chi connectivity index (χ1) is 7.49. The molecule has 2 N–H and O–H groups in total. The maximum atomic E-state index is 11.8. The molecule has 0 radical (unpaired) electrons. The Balaban J connectivity index is 3.17. The highest BCUT2D eigenvalue weighted by Crippen LogP contribution is 2.14. The molecule has 1 rings (SSSR count). The van der Waals surface area contributed by atoms with Crippen LogP contribution in [0.2, 0.25) is 0 Å². The van der Waals surface area contributed by atoms with Crippen LogP contribution in [0.4, 0.5) is 0 Å². The topological polar surface area (TPSA) is 103 Å². The van der Waals surface area contributed by atoms with Crippen LogP contribution < -0.4 is 5.73 Å². The molecule has 0 saturated heterocycles. The van der Waals surface area contributed by atoms with Crippen LogP contribution in [0.1, 0.15) is 30.3 Å². The van der Waals surface area contributed by atoms with Crippen molar-refractivity contribution >= 4 is 15.7 Å². The Bertz CT molecular complexity index is 485. The second kappa shape index (κ2) is 5.02. The summed E-state index contributed by atoms with van der Waals surface area (Å²) in [6.07, 6.45) is 2.51. The summed E-state index contributed by atoms with van der Waals surface area (Å²) in [5.74, 6) is -0.904. The molecule has 0 fully saturated rings. The van der Waals surface area contributed by atoms with Crippen LogP contribution in [-0.4, -0.2) is 30.3 Å². The van der Waals surface area contributed by atoms with Crippen molar-refractivity contribution in [1.29, 1.82) is 0 Å². The van der Waals surface area contributed by atoms with Crippen LogP contribution in [0.25, 0.3) is 0 Å². The lowest BCUT2D eigenvalue weighted by Gasteiger charge is -2.05. The predicted molar refractivity (Wildman–Crippen MR) is 57.5 cm³/mol. The van der Waals surface area contributed by atoms with E-state index in [1.54, 1.807) is 0 Å². The highest BCUT2D eigenvalue weighted by molar-refractivity contribution is 7.91. The number of aromatic nitrogens is 2. The molecule has 1 aromatic rings. The summed E-state index contributed by atoms with van der Waals surface area (Å²) >= 11 is 0. The molecular formula is C9H13N3O3S. The van der Waals surface area contributed by atoms with Crippen LogP contribution in [0.15, 0.2) is 17.2 Å². The number of unbranched alkanes of at least 4 members (excludes halogenated alkanes) is 1. The number of hydrogen-bond donors (Lipinski definition) is 1. The molecule has 1 amide bonds. The fourth-order valence-electron chi connectivity index (χ4n) is 1.19. The smallest absolute Gasteiger partial charge is 0.270 e. The molecular weight excluding hydrogens is 230 g/mol. The maximum Gasteiger partial charge on any atom is 0.270 e. The molecule has 0 bridgehead atoms. The third-order valence-electron chi connectivity index (χ3n) is 2.02. The van der Waals surface area contributed by atoms with Gasteiger partial charge in [-0.05, 0) is 12.5 Å². The second-order valence-corrected chi connectivity index (χ2v) is 5.36. The first kappa shape index (κ1) is 12.6. The quantitative estimate of drug-likeness (QED) is 0.792. The van der Waals surface area contributed by atoms with E-state index in [2.05, 4.69) is 10.2 Å². The molecule has 7 heteroatoms. The van der Waals surface area contributed by atoms with E-state index in [-0.39, 0.29) is 16.3 Å². The third kappa shape index (κ3) is 2.75. The lowest BCUT2D eigenvalue weighted by atomic mass is 10.4. The zero-order valence-electron chi connectivity index (χ0n) is 8.88. The van der Waals surface area contributed by atoms with Crippen molar-refractivity contribution in [2.75, 3.05) is 5.75 Å². The monoisotopic (exact) mass is 243 g/mol. The van der Waals surface area contributed by atoms with Crippen LogP contribution >= 0.6 is 0 Å². The van der Waals surface area contributed by atoms with Crippen LogP contribution in [-0.2, 0) is 9.84 Å². The van der Waals surface area contributed by atoms with Crippen LogP contribution in [0, 0.1) is 0 Å². The Kier molecular flexibility index (Phi) is 3.94. The molecule has 0 saturated carbocycles. The van der Waals surface area contributed by atoms with Crippen LogP contribution in [0.3, 0.4) is 0 Å². The standard InChI is InChI=1S/C9H13N3O3S/c1-2-3-6-16(14,15)7-4-5-11-12-8(7)9(10)13/h4-5H,2-3,6H2,1H3,(H2,10,13). The van der Waals surface area contributed by atoms with Crippen molar-refractivity contribution in [2.45, 2.75) is 24.7 Å². The van der Waals surface area contributed by atoms with E-state index in [1.165, 1.54) is 12.3 Å². The van der Waals surface area contributed by atoms with Gasteiger partial charge in [-0.1, -0.05) is 13.3 Å². The van der Waals surface area contributed by atoms with Gasteiger partial charge in [-0.2, -0.15) is 5.10 Å². The lowest BCUT2D eigenvalue weighted by Crippen LogP contribution is -2.20. The highest BCUT2D eigenvalue weighted by Gasteiger charge is 2.22. The first-order valence-corrected chi connectivity index (χ1v) is 6.48. The minimum atomic E-state index is -3.50. The zero-order valence-corrected chi connectivity index (χ0v) is 9.70. The Morgan fingerprint density at radius 2 is 2.19 bits per heavy atom. The molecule has 16 heavy (non-hydrogen) atoms. The van der Waals surface area contributed by atoms with Gasteiger partial charge < -0.3 is 5.73 Å². The van der Waals surface area contributed by atoms with Crippen LogP contribution in [0.5, 0.6) is 0 Å². The number of nitrogens with two attached hydrogens (primary N) is 1. The van der Waals surface area contributed by atoms with E-state index in [9.17, 15) is 13.2 Å².